The molecule has 0 aliphatic heterocycles. The molecular weight excluding hydrogens is 324 g/mol. The highest BCUT2D eigenvalue weighted by molar-refractivity contribution is 5.90. The fourth-order valence-corrected chi connectivity index (χ4v) is 3.10. The van der Waals surface area contributed by atoms with Gasteiger partial charge in [0, 0.05) is 18.5 Å². The second-order valence-corrected chi connectivity index (χ2v) is 7.94. The Morgan fingerprint density at radius 3 is 2.54 bits per heavy atom. The van der Waals surface area contributed by atoms with E-state index in [-0.39, 0.29) is 17.5 Å². The maximum absolute atomic E-state index is 13.2. The first-order chi connectivity index (χ1) is 12.3. The van der Waals surface area contributed by atoms with Crippen molar-refractivity contribution in [1.29, 1.82) is 0 Å². The molecule has 0 spiro atoms. The van der Waals surface area contributed by atoms with Crippen LogP contribution in [-0.2, 0) is 13.1 Å². The van der Waals surface area contributed by atoms with Crippen LogP contribution < -0.4 is 16.0 Å². The van der Waals surface area contributed by atoms with Crippen molar-refractivity contribution >= 4 is 16.8 Å². The summed E-state index contributed by atoms with van der Waals surface area (Å²) in [4.78, 5) is 13.2. The van der Waals surface area contributed by atoms with Crippen LogP contribution in [0.5, 0.6) is 5.75 Å². The van der Waals surface area contributed by atoms with Gasteiger partial charge in [-0.2, -0.15) is 0 Å². The molecule has 1 heterocycles. The number of ether oxygens (including phenoxy) is 1. The van der Waals surface area contributed by atoms with Crippen molar-refractivity contribution in [3.05, 3.63) is 45.9 Å². The lowest BCUT2D eigenvalue weighted by Gasteiger charge is -2.25. The van der Waals surface area contributed by atoms with Crippen LogP contribution in [0.25, 0.3) is 16.8 Å². The standard InChI is InChI=1S/C22H32N2O2/c1-6-8-12-26-20-18-13-16(9-7-2)10-11-17(18)21(25)24(19(20)14-23)15-22(3,4)5/h7,9-11,13H,6,8,12,14-15,23H2,1-5H3/b9-7+. The number of aromatic nitrogens is 1. The molecule has 0 aliphatic rings. The second kappa shape index (κ2) is 8.54. The molecule has 0 aliphatic carbocycles. The molecule has 0 saturated heterocycles. The highest BCUT2D eigenvalue weighted by Crippen LogP contribution is 2.31. The Kier molecular flexibility index (Phi) is 6.65. The van der Waals surface area contributed by atoms with Gasteiger partial charge in [-0.15, -0.1) is 0 Å². The highest BCUT2D eigenvalue weighted by atomic mass is 16.5. The Hall–Kier alpha value is -2.07. The lowest BCUT2D eigenvalue weighted by atomic mass is 9.96. The first-order valence-electron chi connectivity index (χ1n) is 9.47. The zero-order valence-electron chi connectivity index (χ0n) is 16.8. The van der Waals surface area contributed by atoms with E-state index in [1.807, 2.05) is 37.3 Å². The van der Waals surface area contributed by atoms with Crippen LogP contribution >= 0.6 is 0 Å². The van der Waals surface area contributed by atoms with Gasteiger partial charge >= 0.3 is 0 Å². The summed E-state index contributed by atoms with van der Waals surface area (Å²) in [6.45, 7) is 12.0. The van der Waals surface area contributed by atoms with Crippen molar-refractivity contribution in [3.63, 3.8) is 0 Å². The lowest BCUT2D eigenvalue weighted by molar-refractivity contribution is 0.295. The fraction of sp³-hybridized carbons (Fsp3) is 0.500. The average Bonchev–Trinajstić information content (AvgIpc) is 2.58. The molecule has 0 atom stereocenters. The zero-order valence-corrected chi connectivity index (χ0v) is 16.8. The number of nitrogens with zero attached hydrogens (tertiary/aromatic N) is 1. The van der Waals surface area contributed by atoms with Crippen LogP contribution in [0.1, 0.15) is 58.7 Å². The molecule has 0 bridgehead atoms. The molecule has 0 radical (unpaired) electrons. The van der Waals surface area contributed by atoms with Gasteiger partial charge < -0.3 is 15.0 Å². The number of benzene rings is 1. The van der Waals surface area contributed by atoms with E-state index < -0.39 is 0 Å². The number of allylic oxidation sites excluding steroid dienone is 1. The van der Waals surface area contributed by atoms with E-state index in [2.05, 4.69) is 27.7 Å². The summed E-state index contributed by atoms with van der Waals surface area (Å²) in [5, 5.41) is 1.54. The first-order valence-corrected chi connectivity index (χ1v) is 9.47. The van der Waals surface area contributed by atoms with Gasteiger partial charge in [-0.1, -0.05) is 52.3 Å². The smallest absolute Gasteiger partial charge is 0.258 e. The Labute approximate surface area is 156 Å². The van der Waals surface area contributed by atoms with Crippen LogP contribution in [0.15, 0.2) is 29.1 Å². The van der Waals surface area contributed by atoms with Crippen LogP contribution in [0.4, 0.5) is 0 Å². The molecule has 4 nitrogen and oxygen atoms in total. The SMILES string of the molecule is C/C=C/c1ccc2c(=O)n(CC(C)(C)C)c(CN)c(OCCCC)c2c1. The minimum absolute atomic E-state index is 0.00486. The molecule has 142 valence electrons. The summed E-state index contributed by atoms with van der Waals surface area (Å²) in [6, 6.07) is 5.90. The normalized spacial score (nSPS) is 12.2. The largest absolute Gasteiger partial charge is 0.491 e. The number of unbranched alkanes of at least 4 members (excludes halogenated alkanes) is 1. The average molecular weight is 357 g/mol. The number of fused-ring (bicyclic) bond motifs is 1. The number of hydrogen-bond donors (Lipinski definition) is 1. The van der Waals surface area contributed by atoms with Gasteiger partial charge in [-0.25, -0.2) is 0 Å². The summed E-state index contributed by atoms with van der Waals surface area (Å²) < 4.78 is 7.97. The van der Waals surface area contributed by atoms with E-state index in [1.165, 1.54) is 0 Å². The van der Waals surface area contributed by atoms with Crippen LogP contribution in [0.2, 0.25) is 0 Å². The fourth-order valence-electron chi connectivity index (χ4n) is 3.10. The molecule has 0 unspecified atom stereocenters. The third kappa shape index (κ3) is 4.55. The van der Waals surface area contributed by atoms with Gasteiger partial charge in [-0.05, 0) is 36.5 Å². The van der Waals surface area contributed by atoms with E-state index in [9.17, 15) is 4.79 Å². The van der Waals surface area contributed by atoms with E-state index in [4.69, 9.17) is 10.5 Å². The van der Waals surface area contributed by atoms with Crippen molar-refractivity contribution in [2.24, 2.45) is 11.1 Å². The molecule has 1 aromatic heterocycles. The van der Waals surface area contributed by atoms with Crippen molar-refractivity contribution in [2.75, 3.05) is 6.61 Å². The summed E-state index contributed by atoms with van der Waals surface area (Å²) in [7, 11) is 0. The summed E-state index contributed by atoms with van der Waals surface area (Å²) in [6.07, 6.45) is 6.04. The van der Waals surface area contributed by atoms with Crippen LogP contribution in [-0.4, -0.2) is 11.2 Å². The Morgan fingerprint density at radius 1 is 1.23 bits per heavy atom. The third-order valence-corrected chi connectivity index (χ3v) is 4.28. The Morgan fingerprint density at radius 2 is 1.96 bits per heavy atom. The molecule has 0 fully saturated rings. The van der Waals surface area contributed by atoms with Crippen molar-refractivity contribution in [3.8, 4) is 5.75 Å². The maximum atomic E-state index is 13.2. The number of hydrogen-bond acceptors (Lipinski definition) is 3. The predicted octanol–water partition coefficient (Wildman–Crippen LogP) is 4.72. The number of rotatable bonds is 7. The Balaban J connectivity index is 2.77. The van der Waals surface area contributed by atoms with E-state index >= 15 is 0 Å². The van der Waals surface area contributed by atoms with Crippen LogP contribution in [0, 0.1) is 5.41 Å². The monoisotopic (exact) mass is 356 g/mol. The molecule has 26 heavy (non-hydrogen) atoms. The molecule has 0 saturated carbocycles. The molecule has 0 amide bonds. The predicted molar refractivity (Wildman–Crippen MR) is 111 cm³/mol. The van der Waals surface area contributed by atoms with Gasteiger partial charge in [-0.3, -0.25) is 4.79 Å². The van der Waals surface area contributed by atoms with Gasteiger partial charge in [0.2, 0.25) is 0 Å². The molecule has 1 aromatic carbocycles. The van der Waals surface area contributed by atoms with Crippen molar-refractivity contribution in [1.82, 2.24) is 4.57 Å². The highest BCUT2D eigenvalue weighted by Gasteiger charge is 2.21. The third-order valence-electron chi connectivity index (χ3n) is 4.28. The minimum Gasteiger partial charge on any atom is -0.491 e. The Bertz CT molecular complexity index is 842. The molecule has 2 N–H and O–H groups in total. The van der Waals surface area contributed by atoms with Crippen molar-refractivity contribution < 1.29 is 4.74 Å². The van der Waals surface area contributed by atoms with E-state index in [0.29, 0.717) is 18.5 Å². The molecule has 2 aromatic rings. The van der Waals surface area contributed by atoms with Gasteiger partial charge in [0.05, 0.1) is 17.7 Å². The molecule has 2 rings (SSSR count). The summed E-state index contributed by atoms with van der Waals surface area (Å²) in [5.41, 5.74) is 7.88. The minimum atomic E-state index is -0.0347. The first kappa shape index (κ1) is 20.2. The van der Waals surface area contributed by atoms with Gasteiger partial charge in [0.15, 0.2) is 0 Å². The molecule has 4 heteroatoms. The summed E-state index contributed by atoms with van der Waals surface area (Å²) in [5.74, 6) is 0.756. The van der Waals surface area contributed by atoms with E-state index in [0.717, 1.165) is 35.2 Å². The molecular formula is C22H32N2O2. The van der Waals surface area contributed by atoms with Gasteiger partial charge in [0.25, 0.3) is 5.56 Å². The lowest BCUT2D eigenvalue weighted by Crippen LogP contribution is -2.31. The maximum Gasteiger partial charge on any atom is 0.258 e. The topological polar surface area (TPSA) is 57.2 Å². The quantitative estimate of drug-likeness (QED) is 0.730. The zero-order chi connectivity index (χ0) is 19.3. The van der Waals surface area contributed by atoms with Gasteiger partial charge in [0.1, 0.15) is 5.75 Å². The van der Waals surface area contributed by atoms with E-state index in [1.54, 1.807) is 4.57 Å². The van der Waals surface area contributed by atoms with Crippen molar-refractivity contribution in [2.45, 2.75) is 60.5 Å². The van der Waals surface area contributed by atoms with Crippen LogP contribution in [0.3, 0.4) is 0 Å². The number of nitrogens with two attached hydrogens (primary N) is 1. The number of pyridine rings is 1. The second-order valence-electron chi connectivity index (χ2n) is 7.94. The summed E-state index contributed by atoms with van der Waals surface area (Å²) >= 11 is 0.